The number of methoxy groups -OCH3 is 2. The number of aliphatic hydroxyl groups excluding tert-OH is 1. The van der Waals surface area contributed by atoms with Gasteiger partial charge in [0.1, 0.15) is 17.3 Å². The maximum Gasteiger partial charge on any atom is 0.295 e. The number of benzene rings is 2. The van der Waals surface area contributed by atoms with Gasteiger partial charge in [0.05, 0.1) is 31.4 Å². The lowest BCUT2D eigenvalue weighted by Crippen LogP contribution is -2.38. The van der Waals surface area contributed by atoms with Crippen molar-refractivity contribution in [3.8, 4) is 11.5 Å². The van der Waals surface area contributed by atoms with Crippen molar-refractivity contribution in [3.63, 3.8) is 0 Å². The minimum atomic E-state index is -0.754. The van der Waals surface area contributed by atoms with Crippen LogP contribution in [0, 0.1) is 0 Å². The van der Waals surface area contributed by atoms with Crippen LogP contribution < -0.4 is 9.47 Å². The zero-order chi connectivity index (χ0) is 24.1. The number of hydrogen-bond donors (Lipinski definition) is 1. The average Bonchev–Trinajstić information content (AvgIpc) is 3.09. The van der Waals surface area contributed by atoms with Crippen molar-refractivity contribution in [1.29, 1.82) is 0 Å². The van der Waals surface area contributed by atoms with Crippen LogP contribution in [0.3, 0.4) is 0 Å². The molecule has 1 heterocycles. The summed E-state index contributed by atoms with van der Waals surface area (Å²) >= 11 is 6.15. The predicted molar refractivity (Wildman–Crippen MR) is 128 cm³/mol. The molecule has 7 nitrogen and oxygen atoms in total. The van der Waals surface area contributed by atoms with Gasteiger partial charge in [-0.1, -0.05) is 37.6 Å². The van der Waals surface area contributed by atoms with Gasteiger partial charge in [-0.25, -0.2) is 0 Å². The summed E-state index contributed by atoms with van der Waals surface area (Å²) in [6.45, 7) is 6.69. The first-order valence-electron chi connectivity index (χ1n) is 10.8. The fourth-order valence-electron chi connectivity index (χ4n) is 4.04. The van der Waals surface area contributed by atoms with Crippen molar-refractivity contribution >= 4 is 29.1 Å². The number of amides is 1. The third-order valence-electron chi connectivity index (χ3n) is 5.94. The maximum atomic E-state index is 13.2. The zero-order valence-electron chi connectivity index (χ0n) is 19.3. The monoisotopic (exact) mass is 472 g/mol. The molecule has 176 valence electrons. The highest BCUT2D eigenvalue weighted by molar-refractivity contribution is 6.46. The number of likely N-dealkylation sites (tertiary alicyclic amines) is 1. The Kier molecular flexibility index (Phi) is 8.00. The Bertz CT molecular complexity index is 1050. The summed E-state index contributed by atoms with van der Waals surface area (Å²) in [5.41, 5.74) is 0.952. The SMILES string of the molecule is CCN(CC)CCN1C(=O)C(=O)/C(=C(/O)c2cc(Cl)ccc2OC)C1c1ccc(OC)cc1. The highest BCUT2D eigenvalue weighted by Crippen LogP contribution is 2.41. The normalized spacial score (nSPS) is 17.6. The van der Waals surface area contributed by atoms with E-state index in [-0.39, 0.29) is 16.9 Å². The molecule has 1 atom stereocenters. The first kappa shape index (κ1) is 24.6. The number of hydrogen-bond acceptors (Lipinski definition) is 6. The van der Waals surface area contributed by atoms with E-state index in [4.69, 9.17) is 21.1 Å². The topological polar surface area (TPSA) is 79.3 Å². The van der Waals surface area contributed by atoms with Crippen LogP contribution in [0.1, 0.15) is 31.0 Å². The Morgan fingerprint density at radius 1 is 1.06 bits per heavy atom. The molecule has 8 heteroatoms. The van der Waals surface area contributed by atoms with E-state index in [0.29, 0.717) is 35.2 Å². The Morgan fingerprint density at radius 3 is 2.30 bits per heavy atom. The van der Waals surface area contributed by atoms with Crippen LogP contribution in [-0.4, -0.2) is 67.0 Å². The molecule has 2 aromatic rings. The van der Waals surface area contributed by atoms with Crippen LogP contribution in [-0.2, 0) is 9.59 Å². The highest BCUT2D eigenvalue weighted by Gasteiger charge is 2.46. The number of halogens is 1. The number of carbonyl (C=O) groups is 2. The molecule has 1 amide bonds. The molecule has 2 aromatic carbocycles. The van der Waals surface area contributed by atoms with Gasteiger partial charge in [0.15, 0.2) is 0 Å². The lowest BCUT2D eigenvalue weighted by molar-refractivity contribution is -0.140. The molecule has 1 aliphatic heterocycles. The largest absolute Gasteiger partial charge is 0.507 e. The number of Topliss-reactive ketones (excluding diaryl/α,β-unsaturated/α-hetero) is 1. The van der Waals surface area contributed by atoms with E-state index in [0.717, 1.165) is 13.1 Å². The maximum absolute atomic E-state index is 13.2. The van der Waals surface area contributed by atoms with E-state index in [9.17, 15) is 14.7 Å². The Morgan fingerprint density at radius 2 is 1.73 bits per heavy atom. The molecule has 1 saturated heterocycles. The molecule has 1 aliphatic rings. The number of carbonyl (C=O) groups excluding carboxylic acids is 2. The molecular weight excluding hydrogens is 444 g/mol. The average molecular weight is 473 g/mol. The number of likely N-dealkylation sites (N-methyl/N-ethyl adjacent to an activating group) is 1. The molecule has 1 unspecified atom stereocenters. The first-order chi connectivity index (χ1) is 15.9. The summed E-state index contributed by atoms with van der Waals surface area (Å²) in [5.74, 6) is -0.714. The minimum Gasteiger partial charge on any atom is -0.507 e. The zero-order valence-corrected chi connectivity index (χ0v) is 20.1. The second-order valence-corrected chi connectivity index (χ2v) is 8.07. The molecule has 0 aliphatic carbocycles. The Labute approximate surface area is 199 Å². The van der Waals surface area contributed by atoms with Crippen LogP contribution in [0.25, 0.3) is 5.76 Å². The van der Waals surface area contributed by atoms with E-state index in [1.807, 2.05) is 13.8 Å². The standard InChI is InChI=1S/C25H29ClN2O5/c1-5-27(6-2)13-14-28-22(16-7-10-18(32-3)11-8-16)21(24(30)25(28)31)23(29)19-15-17(26)9-12-20(19)33-4/h7-12,15,22,29H,5-6,13-14H2,1-4H3/b23-21+. The van der Waals surface area contributed by atoms with Gasteiger partial charge in [-0.15, -0.1) is 0 Å². The van der Waals surface area contributed by atoms with E-state index >= 15 is 0 Å². The van der Waals surface area contributed by atoms with Crippen molar-refractivity contribution in [3.05, 3.63) is 64.2 Å². The third kappa shape index (κ3) is 4.99. The van der Waals surface area contributed by atoms with Gasteiger partial charge in [0.25, 0.3) is 11.7 Å². The molecule has 0 bridgehead atoms. The molecule has 3 rings (SSSR count). The van der Waals surface area contributed by atoms with E-state index < -0.39 is 17.7 Å². The molecule has 0 spiro atoms. The summed E-state index contributed by atoms with van der Waals surface area (Å²) in [4.78, 5) is 30.0. The van der Waals surface area contributed by atoms with Crippen molar-refractivity contribution in [1.82, 2.24) is 9.80 Å². The molecule has 1 N–H and O–H groups in total. The summed E-state index contributed by atoms with van der Waals surface area (Å²) in [6, 6.07) is 11.1. The molecular formula is C25H29ClN2O5. The number of nitrogens with zero attached hydrogens (tertiary/aromatic N) is 2. The second kappa shape index (κ2) is 10.7. The fraction of sp³-hybridized carbons (Fsp3) is 0.360. The van der Waals surface area contributed by atoms with Crippen LogP contribution in [0.5, 0.6) is 11.5 Å². The van der Waals surface area contributed by atoms with Crippen LogP contribution >= 0.6 is 11.6 Å². The second-order valence-electron chi connectivity index (χ2n) is 7.64. The quantitative estimate of drug-likeness (QED) is 0.336. The van der Waals surface area contributed by atoms with Crippen molar-refractivity contribution in [2.24, 2.45) is 0 Å². The Balaban J connectivity index is 2.15. The van der Waals surface area contributed by atoms with Gasteiger partial charge in [-0.3, -0.25) is 9.59 Å². The number of ether oxygens (including phenoxy) is 2. The lowest BCUT2D eigenvalue weighted by atomic mass is 9.95. The fourth-order valence-corrected chi connectivity index (χ4v) is 4.21. The summed E-state index contributed by atoms with van der Waals surface area (Å²) in [7, 11) is 3.03. The van der Waals surface area contributed by atoms with Crippen molar-refractivity contribution in [2.45, 2.75) is 19.9 Å². The van der Waals surface area contributed by atoms with Crippen LogP contribution in [0.4, 0.5) is 0 Å². The van der Waals surface area contributed by atoms with Crippen molar-refractivity contribution in [2.75, 3.05) is 40.4 Å². The summed E-state index contributed by atoms with van der Waals surface area (Å²) in [6.07, 6.45) is 0. The smallest absolute Gasteiger partial charge is 0.295 e. The lowest BCUT2D eigenvalue weighted by Gasteiger charge is -2.28. The third-order valence-corrected chi connectivity index (χ3v) is 6.17. The molecule has 0 radical (unpaired) electrons. The predicted octanol–water partition coefficient (Wildman–Crippen LogP) is 4.12. The molecule has 0 aromatic heterocycles. The van der Waals surface area contributed by atoms with Crippen LogP contribution in [0.2, 0.25) is 5.02 Å². The van der Waals surface area contributed by atoms with Crippen molar-refractivity contribution < 1.29 is 24.2 Å². The van der Waals surface area contributed by atoms with Crippen LogP contribution in [0.15, 0.2) is 48.0 Å². The Hall–Kier alpha value is -3.03. The van der Waals surface area contributed by atoms with E-state index in [2.05, 4.69) is 4.90 Å². The van der Waals surface area contributed by atoms with Gasteiger partial charge in [0, 0.05) is 18.1 Å². The number of ketones is 1. The molecule has 33 heavy (non-hydrogen) atoms. The summed E-state index contributed by atoms with van der Waals surface area (Å²) < 4.78 is 10.6. The van der Waals surface area contributed by atoms with Gasteiger partial charge in [-0.2, -0.15) is 0 Å². The van der Waals surface area contributed by atoms with Gasteiger partial charge in [0.2, 0.25) is 0 Å². The number of aliphatic hydroxyl groups is 1. The van der Waals surface area contributed by atoms with E-state index in [1.54, 1.807) is 43.5 Å². The molecule has 1 fully saturated rings. The van der Waals surface area contributed by atoms with Gasteiger partial charge >= 0.3 is 0 Å². The number of rotatable bonds is 9. The van der Waals surface area contributed by atoms with E-state index in [1.165, 1.54) is 18.1 Å². The highest BCUT2D eigenvalue weighted by atomic mass is 35.5. The van der Waals surface area contributed by atoms with Gasteiger partial charge < -0.3 is 24.4 Å². The van der Waals surface area contributed by atoms with Gasteiger partial charge in [-0.05, 0) is 49.0 Å². The summed E-state index contributed by atoms with van der Waals surface area (Å²) in [5, 5.41) is 11.6. The first-order valence-corrected chi connectivity index (χ1v) is 11.2. The minimum absolute atomic E-state index is 0.00489. The molecule has 0 saturated carbocycles.